The van der Waals surface area contributed by atoms with Crippen LogP contribution >= 0.6 is 0 Å². The number of piperidine rings is 1. The maximum atomic E-state index is 12.9. The summed E-state index contributed by atoms with van der Waals surface area (Å²) in [5, 5.41) is 9.24. The van der Waals surface area contributed by atoms with E-state index in [1.807, 2.05) is 42.5 Å². The number of hydrogen-bond donors (Lipinski definition) is 0. The van der Waals surface area contributed by atoms with Gasteiger partial charge >= 0.3 is 0 Å². The van der Waals surface area contributed by atoms with Crippen molar-refractivity contribution in [3.05, 3.63) is 59.2 Å². The molecule has 1 saturated heterocycles. The number of fused-ring (bicyclic) bond motifs is 1. The average molecular weight is 362 g/mol. The number of rotatable bonds is 4. The van der Waals surface area contributed by atoms with Crippen molar-refractivity contribution in [3.8, 4) is 17.6 Å². The number of Topliss-reactive ketones (excluding diaryl/α,β-unsaturated/α-hetero) is 1. The van der Waals surface area contributed by atoms with E-state index in [1.54, 1.807) is 0 Å². The van der Waals surface area contributed by atoms with Crippen LogP contribution in [0.3, 0.4) is 0 Å². The molecule has 2 heterocycles. The van der Waals surface area contributed by atoms with E-state index in [1.165, 1.54) is 0 Å². The van der Waals surface area contributed by atoms with E-state index in [9.17, 15) is 10.1 Å². The lowest BCUT2D eigenvalue weighted by Gasteiger charge is -2.31. The lowest BCUT2D eigenvalue weighted by atomic mass is 9.88. The molecule has 138 valence electrons. The molecule has 0 saturated carbocycles. The number of carbonyl (C=O) groups excluding carboxylic acids is 1. The lowest BCUT2D eigenvalue weighted by molar-refractivity contribution is 0.0833. The molecule has 0 amide bonds. The van der Waals surface area contributed by atoms with Gasteiger partial charge in [0.25, 0.3) is 0 Å². The van der Waals surface area contributed by atoms with Crippen molar-refractivity contribution in [1.29, 1.82) is 5.26 Å². The first-order chi connectivity index (χ1) is 13.2. The minimum atomic E-state index is 0.0371. The zero-order valence-corrected chi connectivity index (χ0v) is 15.2. The van der Waals surface area contributed by atoms with Crippen LogP contribution in [-0.4, -0.2) is 37.0 Å². The minimum Gasteiger partial charge on any atom is -0.486 e. The largest absolute Gasteiger partial charge is 0.486 e. The van der Waals surface area contributed by atoms with Gasteiger partial charge in [0.2, 0.25) is 0 Å². The molecule has 0 aromatic heterocycles. The molecule has 0 unspecified atom stereocenters. The Bertz CT molecular complexity index is 879. The molecule has 1 fully saturated rings. The van der Waals surface area contributed by atoms with Crippen molar-refractivity contribution in [3.63, 3.8) is 0 Å². The van der Waals surface area contributed by atoms with E-state index in [0.717, 1.165) is 43.6 Å². The summed E-state index contributed by atoms with van der Waals surface area (Å²) in [5.74, 6) is 1.60. The van der Waals surface area contributed by atoms with Crippen LogP contribution in [0.5, 0.6) is 11.5 Å². The first-order valence-electron chi connectivity index (χ1n) is 9.39. The van der Waals surface area contributed by atoms with E-state index in [4.69, 9.17) is 9.47 Å². The summed E-state index contributed by atoms with van der Waals surface area (Å²) in [6.45, 7) is 3.55. The van der Waals surface area contributed by atoms with Crippen LogP contribution in [0.4, 0.5) is 0 Å². The summed E-state index contributed by atoms with van der Waals surface area (Å²) in [6.07, 6.45) is 1.67. The minimum absolute atomic E-state index is 0.0371. The van der Waals surface area contributed by atoms with Crippen LogP contribution in [0.2, 0.25) is 0 Å². The van der Waals surface area contributed by atoms with Gasteiger partial charge in [0, 0.05) is 18.0 Å². The van der Waals surface area contributed by atoms with Gasteiger partial charge in [-0.15, -0.1) is 0 Å². The monoisotopic (exact) mass is 362 g/mol. The van der Waals surface area contributed by atoms with Gasteiger partial charge in [-0.3, -0.25) is 9.69 Å². The highest BCUT2D eigenvalue weighted by Crippen LogP contribution is 2.32. The van der Waals surface area contributed by atoms with Crippen molar-refractivity contribution in [2.24, 2.45) is 5.92 Å². The van der Waals surface area contributed by atoms with Gasteiger partial charge in [-0.05, 0) is 55.8 Å². The second kappa shape index (κ2) is 7.81. The van der Waals surface area contributed by atoms with Crippen LogP contribution in [0.25, 0.3) is 0 Å². The van der Waals surface area contributed by atoms with Crippen LogP contribution < -0.4 is 9.47 Å². The van der Waals surface area contributed by atoms with Gasteiger partial charge in [0.15, 0.2) is 17.3 Å². The van der Waals surface area contributed by atoms with Gasteiger partial charge in [-0.25, -0.2) is 0 Å². The van der Waals surface area contributed by atoms with E-state index in [2.05, 4.69) is 11.0 Å². The topological polar surface area (TPSA) is 62.6 Å². The third-order valence-electron chi connectivity index (χ3n) is 5.32. The molecule has 0 spiro atoms. The first kappa shape index (κ1) is 17.6. The third kappa shape index (κ3) is 3.81. The van der Waals surface area contributed by atoms with Crippen LogP contribution in [0.15, 0.2) is 42.5 Å². The molecule has 2 aliphatic heterocycles. The first-order valence-corrected chi connectivity index (χ1v) is 9.39. The molecule has 4 rings (SSSR count). The maximum Gasteiger partial charge on any atom is 0.166 e. The van der Waals surface area contributed by atoms with Crippen molar-refractivity contribution in [2.45, 2.75) is 19.4 Å². The maximum absolute atomic E-state index is 12.9. The average Bonchev–Trinajstić information content (AvgIpc) is 2.74. The fourth-order valence-electron chi connectivity index (χ4n) is 3.79. The molecule has 0 atom stereocenters. The molecule has 5 nitrogen and oxygen atoms in total. The molecule has 0 N–H and O–H groups in total. The standard InChI is InChI=1S/C22H22N2O3/c23-14-18-3-1-2-4-19(18)15-24-9-7-16(8-10-24)22(25)17-5-6-20-21(13-17)27-12-11-26-20/h1-6,13,16H,7-12,15H2. The third-order valence-corrected chi connectivity index (χ3v) is 5.32. The smallest absolute Gasteiger partial charge is 0.166 e. The molecular weight excluding hydrogens is 340 g/mol. The highest BCUT2D eigenvalue weighted by atomic mass is 16.6. The van der Waals surface area contributed by atoms with E-state index in [0.29, 0.717) is 30.3 Å². The number of ketones is 1. The Kier molecular flexibility index (Phi) is 5.08. The van der Waals surface area contributed by atoms with Crippen LogP contribution in [-0.2, 0) is 6.54 Å². The van der Waals surface area contributed by atoms with Crippen molar-refractivity contribution >= 4 is 5.78 Å². The summed E-state index contributed by atoms with van der Waals surface area (Å²) in [6, 6.07) is 15.5. The summed E-state index contributed by atoms with van der Waals surface area (Å²) < 4.78 is 11.1. The number of carbonyl (C=O) groups is 1. The van der Waals surface area contributed by atoms with Crippen molar-refractivity contribution in [1.82, 2.24) is 4.90 Å². The zero-order chi connectivity index (χ0) is 18.6. The Hall–Kier alpha value is -2.84. The van der Waals surface area contributed by atoms with Crippen LogP contribution in [0.1, 0.15) is 34.3 Å². The number of hydrogen-bond acceptors (Lipinski definition) is 5. The summed E-state index contributed by atoms with van der Waals surface area (Å²) >= 11 is 0. The van der Waals surface area contributed by atoms with Gasteiger partial charge in [-0.2, -0.15) is 5.26 Å². The van der Waals surface area contributed by atoms with E-state index >= 15 is 0 Å². The number of ether oxygens (including phenoxy) is 2. The predicted octanol–water partition coefficient (Wildman–Crippen LogP) is 3.42. The number of likely N-dealkylation sites (tertiary alicyclic amines) is 1. The second-order valence-electron chi connectivity index (χ2n) is 7.04. The van der Waals surface area contributed by atoms with Gasteiger partial charge in [-0.1, -0.05) is 18.2 Å². The van der Waals surface area contributed by atoms with Gasteiger partial charge in [0.05, 0.1) is 11.6 Å². The molecule has 2 aliphatic rings. The van der Waals surface area contributed by atoms with Crippen molar-refractivity contribution in [2.75, 3.05) is 26.3 Å². The molecule has 27 heavy (non-hydrogen) atoms. The molecule has 5 heteroatoms. The van der Waals surface area contributed by atoms with E-state index in [-0.39, 0.29) is 11.7 Å². The van der Waals surface area contributed by atoms with Gasteiger partial charge in [0.1, 0.15) is 13.2 Å². The lowest BCUT2D eigenvalue weighted by Crippen LogP contribution is -2.36. The zero-order valence-electron chi connectivity index (χ0n) is 15.2. The molecule has 0 aliphatic carbocycles. The Morgan fingerprint density at radius 2 is 1.81 bits per heavy atom. The highest BCUT2D eigenvalue weighted by molar-refractivity contribution is 5.98. The number of nitrogens with zero attached hydrogens (tertiary/aromatic N) is 2. The fraction of sp³-hybridized carbons (Fsp3) is 0.364. The number of benzene rings is 2. The van der Waals surface area contributed by atoms with Crippen molar-refractivity contribution < 1.29 is 14.3 Å². The molecule has 2 aromatic carbocycles. The fourth-order valence-corrected chi connectivity index (χ4v) is 3.79. The Morgan fingerprint density at radius 1 is 1.07 bits per heavy atom. The Labute approximate surface area is 159 Å². The summed E-state index contributed by atoms with van der Waals surface area (Å²) in [5.41, 5.74) is 2.48. The second-order valence-corrected chi connectivity index (χ2v) is 7.04. The normalized spacial score (nSPS) is 17.3. The SMILES string of the molecule is N#Cc1ccccc1CN1CCC(C(=O)c2ccc3c(c2)OCCO3)CC1. The highest BCUT2D eigenvalue weighted by Gasteiger charge is 2.27. The molecular formula is C22H22N2O3. The quantitative estimate of drug-likeness (QED) is 0.780. The predicted molar refractivity (Wildman–Crippen MR) is 101 cm³/mol. The van der Waals surface area contributed by atoms with Crippen LogP contribution in [0, 0.1) is 17.2 Å². The molecule has 2 aromatic rings. The number of nitriles is 1. The summed E-state index contributed by atoms with van der Waals surface area (Å²) in [4.78, 5) is 15.2. The molecule has 0 radical (unpaired) electrons. The van der Waals surface area contributed by atoms with Gasteiger partial charge < -0.3 is 9.47 Å². The Morgan fingerprint density at radius 3 is 2.59 bits per heavy atom. The molecule has 0 bridgehead atoms. The summed E-state index contributed by atoms with van der Waals surface area (Å²) in [7, 11) is 0. The van der Waals surface area contributed by atoms with E-state index < -0.39 is 0 Å². The Balaban J connectivity index is 1.38.